The van der Waals surface area contributed by atoms with Crippen LogP contribution in [0.4, 0.5) is 0 Å². The first-order chi connectivity index (χ1) is 12.9. The van der Waals surface area contributed by atoms with Crippen molar-refractivity contribution in [1.82, 2.24) is 10.2 Å². The number of carbonyl (C=O) groups is 2. The number of ether oxygens (including phenoxy) is 1. The molecule has 2 saturated carbocycles. The van der Waals surface area contributed by atoms with Gasteiger partial charge in [0.15, 0.2) is 11.5 Å². The summed E-state index contributed by atoms with van der Waals surface area (Å²) in [4.78, 5) is 25.6. The van der Waals surface area contributed by atoms with Crippen LogP contribution < -0.4 is 10.1 Å². The van der Waals surface area contributed by atoms with Gasteiger partial charge in [-0.3, -0.25) is 14.5 Å². The van der Waals surface area contributed by atoms with E-state index in [0.29, 0.717) is 18.1 Å². The molecule has 2 aliphatic rings. The van der Waals surface area contributed by atoms with Crippen molar-refractivity contribution in [2.45, 2.75) is 44.7 Å². The fourth-order valence-electron chi connectivity index (χ4n) is 3.39. The Labute approximate surface area is 163 Å². The van der Waals surface area contributed by atoms with Crippen LogP contribution in [-0.4, -0.2) is 58.8 Å². The van der Waals surface area contributed by atoms with Crippen LogP contribution in [0.5, 0.6) is 11.5 Å². The number of aliphatic carboxylic acids is 1. The summed E-state index contributed by atoms with van der Waals surface area (Å²) in [6.45, 7) is 2.99. The van der Waals surface area contributed by atoms with Crippen molar-refractivity contribution in [3.05, 3.63) is 22.7 Å². The summed E-state index contributed by atoms with van der Waals surface area (Å²) in [5, 5.41) is 22.0. The monoisotopic (exact) mass is 396 g/mol. The molecule has 8 heteroatoms. The molecule has 0 atom stereocenters. The molecule has 1 amide bonds. The molecule has 148 valence electrons. The second kappa shape index (κ2) is 8.35. The summed E-state index contributed by atoms with van der Waals surface area (Å²) in [5.74, 6) is -0.477. The number of carboxylic acids is 1. The highest BCUT2D eigenvalue weighted by Gasteiger charge is 2.37. The molecule has 0 aromatic heterocycles. The molecular formula is C19H25ClN2O5. The predicted molar refractivity (Wildman–Crippen MR) is 100 cm³/mol. The predicted octanol–water partition coefficient (Wildman–Crippen LogP) is 2.50. The van der Waals surface area contributed by atoms with Gasteiger partial charge in [-0.1, -0.05) is 11.6 Å². The van der Waals surface area contributed by atoms with Gasteiger partial charge < -0.3 is 20.3 Å². The van der Waals surface area contributed by atoms with Crippen LogP contribution in [-0.2, 0) is 4.79 Å². The maximum atomic E-state index is 12.5. The second-order valence-electron chi connectivity index (χ2n) is 7.30. The Morgan fingerprint density at radius 2 is 2.04 bits per heavy atom. The smallest absolute Gasteiger partial charge is 0.317 e. The lowest BCUT2D eigenvalue weighted by Gasteiger charge is -2.42. The van der Waals surface area contributed by atoms with Gasteiger partial charge in [-0.05, 0) is 50.7 Å². The Hall–Kier alpha value is -1.99. The molecule has 3 rings (SSSR count). The van der Waals surface area contributed by atoms with Crippen molar-refractivity contribution >= 4 is 23.5 Å². The first-order valence-electron chi connectivity index (χ1n) is 9.29. The molecule has 1 aromatic carbocycles. The second-order valence-corrected chi connectivity index (χ2v) is 7.71. The normalized spacial score (nSPS) is 21.6. The Morgan fingerprint density at radius 3 is 2.63 bits per heavy atom. The van der Waals surface area contributed by atoms with E-state index < -0.39 is 5.97 Å². The number of hydrogen-bond acceptors (Lipinski definition) is 5. The lowest BCUT2D eigenvalue weighted by Crippen LogP contribution is -2.55. The van der Waals surface area contributed by atoms with E-state index in [1.165, 1.54) is 25.0 Å². The number of halogens is 1. The highest BCUT2D eigenvalue weighted by molar-refractivity contribution is 6.32. The van der Waals surface area contributed by atoms with Gasteiger partial charge in [0.1, 0.15) is 0 Å². The Morgan fingerprint density at radius 1 is 1.33 bits per heavy atom. The summed E-state index contributed by atoms with van der Waals surface area (Å²) in [7, 11) is 0. The Balaban J connectivity index is 1.56. The molecule has 3 N–H and O–H groups in total. The van der Waals surface area contributed by atoms with Crippen LogP contribution in [0.2, 0.25) is 5.02 Å². The zero-order valence-corrected chi connectivity index (χ0v) is 16.0. The fraction of sp³-hybridized carbons (Fsp3) is 0.579. The minimum atomic E-state index is -0.815. The summed E-state index contributed by atoms with van der Waals surface area (Å²) < 4.78 is 5.31. The SMILES string of the molecule is CCOc1cc(C(=O)NC2CC(N(CC(=O)O)CC3CC3)C2)cc(Cl)c1O. The molecule has 0 unspecified atom stereocenters. The average Bonchev–Trinajstić information content (AvgIpc) is 3.37. The van der Waals surface area contributed by atoms with Crippen LogP contribution in [0.25, 0.3) is 0 Å². The van der Waals surface area contributed by atoms with Crippen LogP contribution >= 0.6 is 11.6 Å². The number of benzene rings is 1. The Kier molecular flexibility index (Phi) is 6.11. The van der Waals surface area contributed by atoms with E-state index in [2.05, 4.69) is 5.32 Å². The first kappa shape index (κ1) is 19.8. The van der Waals surface area contributed by atoms with Crippen LogP contribution in [0.1, 0.15) is 43.0 Å². The molecule has 0 bridgehead atoms. The summed E-state index contributed by atoms with van der Waals surface area (Å²) in [6.07, 6.45) is 3.81. The van der Waals surface area contributed by atoms with Crippen molar-refractivity contribution in [3.8, 4) is 11.5 Å². The third-order valence-corrected chi connectivity index (χ3v) is 5.37. The molecule has 7 nitrogen and oxygen atoms in total. The zero-order chi connectivity index (χ0) is 19.6. The lowest BCUT2D eigenvalue weighted by atomic mass is 9.85. The van der Waals surface area contributed by atoms with E-state index in [-0.39, 0.29) is 41.1 Å². The summed E-state index contributed by atoms with van der Waals surface area (Å²) in [6, 6.07) is 3.07. The van der Waals surface area contributed by atoms with E-state index in [4.69, 9.17) is 21.4 Å². The lowest BCUT2D eigenvalue weighted by molar-refractivity contribution is -0.139. The van der Waals surface area contributed by atoms with E-state index >= 15 is 0 Å². The molecule has 0 aliphatic heterocycles. The highest BCUT2D eigenvalue weighted by Crippen LogP contribution is 2.36. The van der Waals surface area contributed by atoms with Crippen molar-refractivity contribution in [2.24, 2.45) is 5.92 Å². The maximum absolute atomic E-state index is 12.5. The zero-order valence-electron chi connectivity index (χ0n) is 15.3. The van der Waals surface area contributed by atoms with E-state index in [1.54, 1.807) is 6.92 Å². The number of carboxylic acid groups (broad SMARTS) is 1. The van der Waals surface area contributed by atoms with Crippen LogP contribution in [0.3, 0.4) is 0 Å². The number of aromatic hydroxyl groups is 1. The van der Waals surface area contributed by atoms with Gasteiger partial charge in [0, 0.05) is 24.2 Å². The number of carbonyl (C=O) groups excluding carboxylic acids is 1. The number of nitrogens with zero attached hydrogens (tertiary/aromatic N) is 1. The third-order valence-electron chi connectivity index (χ3n) is 5.08. The quantitative estimate of drug-likeness (QED) is 0.593. The Bertz CT molecular complexity index is 716. The van der Waals surface area contributed by atoms with Crippen LogP contribution in [0.15, 0.2) is 12.1 Å². The van der Waals surface area contributed by atoms with Crippen molar-refractivity contribution < 1.29 is 24.5 Å². The van der Waals surface area contributed by atoms with E-state index in [1.807, 2.05) is 4.90 Å². The number of nitrogens with one attached hydrogen (secondary N) is 1. The van der Waals surface area contributed by atoms with Gasteiger partial charge >= 0.3 is 5.97 Å². The van der Waals surface area contributed by atoms with Gasteiger partial charge in [0.05, 0.1) is 18.2 Å². The van der Waals surface area contributed by atoms with Crippen LogP contribution in [0, 0.1) is 5.92 Å². The topological polar surface area (TPSA) is 99.1 Å². The number of amides is 1. The minimum Gasteiger partial charge on any atom is -0.503 e. The van der Waals surface area contributed by atoms with Crippen molar-refractivity contribution in [3.63, 3.8) is 0 Å². The molecule has 0 radical (unpaired) electrons. The third kappa shape index (κ3) is 5.05. The van der Waals surface area contributed by atoms with Gasteiger partial charge in [-0.25, -0.2) is 0 Å². The first-order valence-corrected chi connectivity index (χ1v) is 9.67. The van der Waals surface area contributed by atoms with Crippen molar-refractivity contribution in [2.75, 3.05) is 19.7 Å². The largest absolute Gasteiger partial charge is 0.503 e. The standard InChI is InChI=1S/C19H25ClN2O5/c1-2-27-16-6-12(5-15(20)18(16)25)19(26)21-13-7-14(8-13)22(10-17(23)24)9-11-3-4-11/h5-6,11,13-14,25H,2-4,7-10H2,1H3,(H,21,26)(H,23,24). The number of phenolic OH excluding ortho intramolecular Hbond substituents is 1. The molecule has 1 aromatic rings. The molecular weight excluding hydrogens is 372 g/mol. The average molecular weight is 397 g/mol. The maximum Gasteiger partial charge on any atom is 0.317 e. The highest BCUT2D eigenvalue weighted by atomic mass is 35.5. The number of rotatable bonds is 9. The van der Waals surface area contributed by atoms with E-state index in [0.717, 1.165) is 19.4 Å². The molecule has 27 heavy (non-hydrogen) atoms. The number of hydrogen-bond donors (Lipinski definition) is 3. The van der Waals surface area contributed by atoms with Gasteiger partial charge in [0.25, 0.3) is 5.91 Å². The molecule has 2 fully saturated rings. The minimum absolute atomic E-state index is 0.00104. The summed E-state index contributed by atoms with van der Waals surface area (Å²) in [5.41, 5.74) is 0.324. The van der Waals surface area contributed by atoms with Gasteiger partial charge in [-0.15, -0.1) is 0 Å². The molecule has 0 heterocycles. The van der Waals surface area contributed by atoms with Crippen molar-refractivity contribution in [1.29, 1.82) is 0 Å². The fourth-order valence-corrected chi connectivity index (χ4v) is 3.60. The molecule has 2 aliphatic carbocycles. The summed E-state index contributed by atoms with van der Waals surface area (Å²) >= 11 is 5.98. The molecule has 0 saturated heterocycles. The van der Waals surface area contributed by atoms with E-state index in [9.17, 15) is 14.7 Å². The van der Waals surface area contributed by atoms with Gasteiger partial charge in [0.2, 0.25) is 0 Å². The van der Waals surface area contributed by atoms with Gasteiger partial charge in [-0.2, -0.15) is 0 Å². The molecule has 0 spiro atoms. The number of phenols is 1.